The second-order valence-electron chi connectivity index (χ2n) is 5.68. The van der Waals surface area contributed by atoms with E-state index in [1.54, 1.807) is 7.05 Å². The van der Waals surface area contributed by atoms with Gasteiger partial charge in [0.1, 0.15) is 0 Å². The summed E-state index contributed by atoms with van der Waals surface area (Å²) in [5.74, 6) is 0. The molecule has 1 atom stereocenters. The van der Waals surface area contributed by atoms with Gasteiger partial charge in [0.15, 0.2) is 4.60 Å². The predicted octanol–water partition coefficient (Wildman–Crippen LogP) is 0.531. The summed E-state index contributed by atoms with van der Waals surface area (Å²) in [6, 6.07) is -0.0247. The van der Waals surface area contributed by atoms with Crippen LogP contribution in [0, 0.1) is 0 Å². The van der Waals surface area contributed by atoms with Gasteiger partial charge in [0, 0.05) is 18.6 Å². The van der Waals surface area contributed by atoms with Crippen LogP contribution in [-0.2, 0) is 17.1 Å². The Morgan fingerprint density at radius 1 is 1.50 bits per heavy atom. The maximum Gasteiger partial charge on any atom is 0.260 e. The maximum atomic E-state index is 12.5. The number of aryl methyl sites for hydroxylation is 1. The van der Waals surface area contributed by atoms with Crippen molar-refractivity contribution in [1.29, 1.82) is 0 Å². The third-order valence-electron chi connectivity index (χ3n) is 4.25. The number of sulfonamides is 1. The van der Waals surface area contributed by atoms with Gasteiger partial charge < -0.3 is 5.32 Å². The fourth-order valence-electron chi connectivity index (χ4n) is 3.13. The summed E-state index contributed by atoms with van der Waals surface area (Å²) < 4.78 is 29.2. The van der Waals surface area contributed by atoms with Gasteiger partial charge in [-0.2, -0.15) is 0 Å². The molecule has 1 aromatic rings. The molecule has 1 saturated carbocycles. The molecule has 1 unspecified atom stereocenters. The second kappa shape index (κ2) is 5.04. The Morgan fingerprint density at radius 2 is 2.25 bits per heavy atom. The van der Waals surface area contributed by atoms with Crippen LogP contribution in [0.25, 0.3) is 0 Å². The number of piperidine rings is 1. The van der Waals surface area contributed by atoms with Crippen LogP contribution in [0.1, 0.15) is 32.1 Å². The lowest BCUT2D eigenvalue weighted by atomic mass is 9.70. The minimum Gasteiger partial charge on any atom is -0.311 e. The molecule has 0 bridgehead atoms. The van der Waals surface area contributed by atoms with Gasteiger partial charge in [-0.15, -0.1) is 5.10 Å². The van der Waals surface area contributed by atoms with E-state index in [4.69, 9.17) is 0 Å². The largest absolute Gasteiger partial charge is 0.311 e. The monoisotopic (exact) mass is 363 g/mol. The zero-order valence-corrected chi connectivity index (χ0v) is 13.7. The molecule has 1 spiro atoms. The Hall–Kier alpha value is -0.510. The number of halogens is 1. The van der Waals surface area contributed by atoms with Crippen LogP contribution in [0.5, 0.6) is 0 Å². The zero-order valence-electron chi connectivity index (χ0n) is 11.3. The number of hydrogen-bond acceptors (Lipinski definition) is 5. The second-order valence-corrected chi connectivity index (χ2v) is 8.06. The highest BCUT2D eigenvalue weighted by atomic mass is 79.9. The van der Waals surface area contributed by atoms with Crippen molar-refractivity contribution in [2.45, 2.75) is 48.7 Å². The zero-order chi connectivity index (χ0) is 14.4. The van der Waals surface area contributed by atoms with E-state index in [1.807, 2.05) is 0 Å². The Bertz CT molecular complexity index is 591. The van der Waals surface area contributed by atoms with Gasteiger partial charge in [-0.3, -0.25) is 0 Å². The normalized spacial score (nSPS) is 25.6. The summed E-state index contributed by atoms with van der Waals surface area (Å²) in [5, 5.41) is 11.1. The fraction of sp³-hybridized carbons (Fsp3) is 0.818. The van der Waals surface area contributed by atoms with Gasteiger partial charge in [0.05, 0.1) is 0 Å². The first-order chi connectivity index (χ1) is 9.42. The SMILES string of the molecule is Cn1nnc(Br)c1S(=O)(=O)NC1CCNC2(CCC2)C1. The first-order valence-corrected chi connectivity index (χ1v) is 9.02. The lowest BCUT2D eigenvalue weighted by Crippen LogP contribution is -2.59. The molecule has 3 rings (SSSR count). The molecule has 2 aliphatic rings. The topological polar surface area (TPSA) is 88.9 Å². The molecule has 2 fully saturated rings. The minimum absolute atomic E-state index is 0.0247. The molecule has 1 saturated heterocycles. The van der Waals surface area contributed by atoms with Crippen molar-refractivity contribution in [2.24, 2.45) is 7.05 Å². The Labute approximate surface area is 126 Å². The third-order valence-corrected chi connectivity index (χ3v) is 6.66. The molecule has 1 aliphatic carbocycles. The number of rotatable bonds is 3. The Balaban J connectivity index is 1.76. The molecule has 9 heteroatoms. The first kappa shape index (κ1) is 14.4. The first-order valence-electron chi connectivity index (χ1n) is 6.74. The van der Waals surface area contributed by atoms with Gasteiger partial charge in [-0.25, -0.2) is 17.8 Å². The van der Waals surface area contributed by atoms with Crippen molar-refractivity contribution in [2.75, 3.05) is 6.54 Å². The summed E-state index contributed by atoms with van der Waals surface area (Å²) in [5.41, 5.74) is 0.160. The smallest absolute Gasteiger partial charge is 0.260 e. The Kier molecular flexibility index (Phi) is 3.64. The predicted molar refractivity (Wildman–Crippen MR) is 76.6 cm³/mol. The molecule has 0 aromatic carbocycles. The van der Waals surface area contributed by atoms with Crippen molar-refractivity contribution in [1.82, 2.24) is 25.0 Å². The Morgan fingerprint density at radius 3 is 2.80 bits per heavy atom. The number of nitrogens with zero attached hydrogens (tertiary/aromatic N) is 3. The summed E-state index contributed by atoms with van der Waals surface area (Å²) in [6.45, 7) is 0.859. The van der Waals surface area contributed by atoms with Crippen LogP contribution in [0.15, 0.2) is 9.63 Å². The van der Waals surface area contributed by atoms with Crippen molar-refractivity contribution in [3.8, 4) is 0 Å². The highest BCUT2D eigenvalue weighted by Gasteiger charge is 2.42. The number of aromatic nitrogens is 3. The molecule has 1 aromatic heterocycles. The lowest BCUT2D eigenvalue weighted by molar-refractivity contribution is 0.126. The molecular formula is C11H18BrN5O2S. The van der Waals surface area contributed by atoms with Crippen LogP contribution in [0.4, 0.5) is 0 Å². The van der Waals surface area contributed by atoms with Gasteiger partial charge in [0.25, 0.3) is 10.0 Å². The van der Waals surface area contributed by atoms with Crippen LogP contribution < -0.4 is 10.0 Å². The van der Waals surface area contributed by atoms with E-state index in [0.29, 0.717) is 0 Å². The molecule has 112 valence electrons. The van der Waals surface area contributed by atoms with Crippen LogP contribution >= 0.6 is 15.9 Å². The van der Waals surface area contributed by atoms with E-state index < -0.39 is 10.0 Å². The average Bonchev–Trinajstić information content (AvgIpc) is 2.67. The lowest BCUT2D eigenvalue weighted by Gasteiger charge is -2.48. The summed E-state index contributed by atoms with van der Waals surface area (Å²) in [6.07, 6.45) is 5.17. The molecule has 7 nitrogen and oxygen atoms in total. The van der Waals surface area contributed by atoms with Gasteiger partial charge >= 0.3 is 0 Å². The van der Waals surface area contributed by atoms with E-state index >= 15 is 0 Å². The summed E-state index contributed by atoms with van der Waals surface area (Å²) >= 11 is 3.14. The minimum atomic E-state index is -3.60. The molecule has 20 heavy (non-hydrogen) atoms. The third kappa shape index (κ3) is 2.51. The van der Waals surface area contributed by atoms with Crippen LogP contribution in [0.2, 0.25) is 0 Å². The van der Waals surface area contributed by atoms with E-state index in [-0.39, 0.29) is 21.2 Å². The highest BCUT2D eigenvalue weighted by Crippen LogP contribution is 2.38. The molecule has 1 aliphatic heterocycles. The van der Waals surface area contributed by atoms with Gasteiger partial charge in [-0.1, -0.05) is 5.21 Å². The van der Waals surface area contributed by atoms with Crippen molar-refractivity contribution in [3.63, 3.8) is 0 Å². The quantitative estimate of drug-likeness (QED) is 0.817. The molecule has 0 amide bonds. The fourth-order valence-corrected chi connectivity index (χ4v) is 5.49. The van der Waals surface area contributed by atoms with Gasteiger partial charge in [-0.05, 0) is 54.6 Å². The van der Waals surface area contributed by atoms with E-state index in [1.165, 1.54) is 11.1 Å². The summed E-state index contributed by atoms with van der Waals surface area (Å²) in [4.78, 5) is 0. The van der Waals surface area contributed by atoms with Crippen molar-refractivity contribution >= 4 is 26.0 Å². The molecule has 0 radical (unpaired) electrons. The highest BCUT2D eigenvalue weighted by molar-refractivity contribution is 9.10. The summed E-state index contributed by atoms with van der Waals surface area (Å²) in [7, 11) is -2.03. The molecular weight excluding hydrogens is 346 g/mol. The maximum absolute atomic E-state index is 12.5. The van der Waals surface area contributed by atoms with E-state index in [2.05, 4.69) is 36.3 Å². The molecule has 2 N–H and O–H groups in total. The number of nitrogens with one attached hydrogen (secondary N) is 2. The van der Waals surface area contributed by atoms with E-state index in [9.17, 15) is 8.42 Å². The number of hydrogen-bond donors (Lipinski definition) is 2. The molecule has 2 heterocycles. The average molecular weight is 364 g/mol. The van der Waals surface area contributed by atoms with Crippen LogP contribution in [0.3, 0.4) is 0 Å². The van der Waals surface area contributed by atoms with E-state index in [0.717, 1.165) is 32.2 Å². The standard InChI is InChI=1S/C11H18BrN5O2S/c1-17-10(9(12)14-16-17)20(18,19)15-8-3-6-13-11(7-8)4-2-5-11/h8,13,15H,2-7H2,1H3. The van der Waals surface area contributed by atoms with Gasteiger partial charge in [0.2, 0.25) is 5.03 Å². The van der Waals surface area contributed by atoms with Crippen LogP contribution in [-0.4, -0.2) is 41.5 Å². The van der Waals surface area contributed by atoms with Crippen molar-refractivity contribution in [3.05, 3.63) is 4.60 Å². The van der Waals surface area contributed by atoms with Crippen molar-refractivity contribution < 1.29 is 8.42 Å².